The number of carbonyl (C=O) groups is 1. The first-order chi connectivity index (χ1) is 16.4. The van der Waals surface area contributed by atoms with E-state index in [2.05, 4.69) is 31.1 Å². The van der Waals surface area contributed by atoms with Gasteiger partial charge in [0.05, 0.1) is 13.2 Å². The van der Waals surface area contributed by atoms with E-state index < -0.39 is 11.7 Å². The lowest BCUT2D eigenvalue weighted by atomic mass is 9.98. The zero-order valence-electron chi connectivity index (χ0n) is 19.4. The average Bonchev–Trinajstić information content (AvgIpc) is 3.22. The van der Waals surface area contributed by atoms with Crippen LogP contribution in [-0.2, 0) is 12.8 Å². The van der Waals surface area contributed by atoms with Crippen LogP contribution in [0.5, 0.6) is 5.75 Å². The van der Waals surface area contributed by atoms with Crippen LogP contribution in [0, 0.1) is 5.82 Å². The van der Waals surface area contributed by atoms with Crippen molar-refractivity contribution < 1.29 is 19.0 Å². The molecule has 7 nitrogen and oxygen atoms in total. The van der Waals surface area contributed by atoms with Gasteiger partial charge in [-0.1, -0.05) is 22.0 Å². The minimum absolute atomic E-state index is 0.0189. The van der Waals surface area contributed by atoms with Gasteiger partial charge in [-0.05, 0) is 74.5 Å². The number of carbonyl (C=O) groups excluding carboxylic acids is 1. The maximum atomic E-state index is 14.7. The number of aliphatic hydroxyl groups excluding tert-OH is 1. The fourth-order valence-corrected chi connectivity index (χ4v) is 4.52. The number of aryl methyl sites for hydroxylation is 1. The first-order valence-corrected chi connectivity index (χ1v) is 12.3. The summed E-state index contributed by atoms with van der Waals surface area (Å²) in [5.74, 6) is -0.194. The lowest BCUT2D eigenvalue weighted by molar-refractivity contribution is 0.0975. The van der Waals surface area contributed by atoms with Gasteiger partial charge >= 0.3 is 0 Å². The number of nitrogens with one attached hydrogen (secondary N) is 1. The Hall–Kier alpha value is -2.49. The topological polar surface area (TPSA) is 100 Å². The SMILES string of the molecule is COc1ccc(Br)cc1CCc1c(F)cccc1C(=O)NC(N)=NCCCCN1CCC(O)C1. The van der Waals surface area contributed by atoms with Crippen LogP contribution in [0.15, 0.2) is 45.9 Å². The number of unbranched alkanes of at least 4 members (excludes halogenated alkanes) is 1. The summed E-state index contributed by atoms with van der Waals surface area (Å²) >= 11 is 3.45. The molecule has 0 bridgehead atoms. The molecule has 0 aliphatic carbocycles. The molecule has 3 rings (SSSR count). The third-order valence-corrected chi connectivity index (χ3v) is 6.40. The van der Waals surface area contributed by atoms with Crippen LogP contribution in [0.2, 0.25) is 0 Å². The predicted octanol–water partition coefficient (Wildman–Crippen LogP) is 3.27. The lowest BCUT2D eigenvalue weighted by Gasteiger charge is -2.14. The Balaban J connectivity index is 1.55. The maximum Gasteiger partial charge on any atom is 0.258 e. The van der Waals surface area contributed by atoms with Crippen molar-refractivity contribution in [2.75, 3.05) is 33.3 Å². The molecule has 1 amide bonds. The molecule has 184 valence electrons. The molecule has 1 heterocycles. The molecule has 0 spiro atoms. The maximum absolute atomic E-state index is 14.7. The number of methoxy groups -OCH3 is 1. The van der Waals surface area contributed by atoms with Gasteiger partial charge in [-0.15, -0.1) is 0 Å². The van der Waals surface area contributed by atoms with E-state index in [1.165, 1.54) is 12.1 Å². The van der Waals surface area contributed by atoms with Crippen molar-refractivity contribution in [3.63, 3.8) is 0 Å². The smallest absolute Gasteiger partial charge is 0.258 e. The second-order valence-electron chi connectivity index (χ2n) is 8.39. The molecule has 4 N–H and O–H groups in total. The highest BCUT2D eigenvalue weighted by Crippen LogP contribution is 2.25. The van der Waals surface area contributed by atoms with Gasteiger partial charge in [0.2, 0.25) is 0 Å². The van der Waals surface area contributed by atoms with Crippen molar-refractivity contribution in [2.24, 2.45) is 10.7 Å². The molecule has 0 radical (unpaired) electrons. The Morgan fingerprint density at radius 1 is 1.32 bits per heavy atom. The minimum Gasteiger partial charge on any atom is -0.496 e. The van der Waals surface area contributed by atoms with Gasteiger partial charge in [0, 0.05) is 35.2 Å². The molecule has 2 aromatic rings. The molecule has 0 saturated carbocycles. The third kappa shape index (κ3) is 7.51. The molecule has 2 aromatic carbocycles. The van der Waals surface area contributed by atoms with E-state index in [1.54, 1.807) is 13.2 Å². The van der Waals surface area contributed by atoms with Crippen molar-refractivity contribution >= 4 is 27.8 Å². The number of aliphatic hydroxyl groups is 1. The lowest BCUT2D eigenvalue weighted by Crippen LogP contribution is -2.37. The molecule has 1 aliphatic rings. The van der Waals surface area contributed by atoms with Crippen molar-refractivity contribution in [1.29, 1.82) is 0 Å². The fraction of sp³-hybridized carbons (Fsp3) is 0.440. The van der Waals surface area contributed by atoms with E-state index in [0.717, 1.165) is 48.9 Å². The summed E-state index contributed by atoms with van der Waals surface area (Å²) in [4.78, 5) is 19.3. The molecule has 1 unspecified atom stereocenters. The summed E-state index contributed by atoms with van der Waals surface area (Å²) in [5.41, 5.74) is 7.37. The van der Waals surface area contributed by atoms with Crippen molar-refractivity contribution in [3.05, 3.63) is 63.4 Å². The van der Waals surface area contributed by atoms with Crippen LogP contribution in [0.1, 0.15) is 40.7 Å². The average molecular weight is 535 g/mol. The quantitative estimate of drug-likeness (QED) is 0.247. The summed E-state index contributed by atoms with van der Waals surface area (Å²) in [6, 6.07) is 10.1. The number of halogens is 2. The zero-order chi connectivity index (χ0) is 24.5. The number of amides is 1. The summed E-state index contributed by atoms with van der Waals surface area (Å²) in [5, 5.41) is 12.1. The van der Waals surface area contributed by atoms with E-state index in [4.69, 9.17) is 10.5 Å². The first-order valence-electron chi connectivity index (χ1n) is 11.5. The number of nitrogens with two attached hydrogens (primary N) is 1. The van der Waals surface area contributed by atoms with Crippen molar-refractivity contribution in [1.82, 2.24) is 10.2 Å². The second-order valence-corrected chi connectivity index (χ2v) is 9.31. The highest BCUT2D eigenvalue weighted by molar-refractivity contribution is 9.10. The van der Waals surface area contributed by atoms with E-state index in [-0.39, 0.29) is 17.6 Å². The Morgan fingerprint density at radius 3 is 2.88 bits per heavy atom. The third-order valence-electron chi connectivity index (χ3n) is 5.90. The summed E-state index contributed by atoms with van der Waals surface area (Å²) in [7, 11) is 1.59. The zero-order valence-corrected chi connectivity index (χ0v) is 21.0. The van der Waals surface area contributed by atoms with Gasteiger partial charge in [0.1, 0.15) is 11.6 Å². The van der Waals surface area contributed by atoms with E-state index in [1.807, 2.05) is 18.2 Å². The van der Waals surface area contributed by atoms with E-state index in [9.17, 15) is 14.3 Å². The molecule has 1 fully saturated rings. The van der Waals surface area contributed by atoms with E-state index in [0.29, 0.717) is 30.7 Å². The minimum atomic E-state index is -0.483. The first kappa shape index (κ1) is 26.1. The van der Waals surface area contributed by atoms with Crippen LogP contribution in [0.25, 0.3) is 0 Å². The normalized spacial score (nSPS) is 16.6. The molecule has 1 aliphatic heterocycles. The summed E-state index contributed by atoms with van der Waals surface area (Å²) in [6.45, 7) is 3.05. The van der Waals surface area contributed by atoms with Crippen LogP contribution in [-0.4, -0.2) is 61.3 Å². The van der Waals surface area contributed by atoms with Gasteiger partial charge in [0.25, 0.3) is 5.91 Å². The number of nitrogens with zero attached hydrogens (tertiary/aromatic N) is 2. The van der Waals surface area contributed by atoms with Gasteiger partial charge in [-0.2, -0.15) is 0 Å². The molecule has 0 aromatic heterocycles. The van der Waals surface area contributed by atoms with Crippen LogP contribution in [0.3, 0.4) is 0 Å². The molecule has 1 saturated heterocycles. The number of hydrogen-bond acceptors (Lipinski definition) is 5. The van der Waals surface area contributed by atoms with Crippen molar-refractivity contribution in [3.8, 4) is 5.75 Å². The monoisotopic (exact) mass is 534 g/mol. The number of ether oxygens (including phenoxy) is 1. The van der Waals surface area contributed by atoms with Gasteiger partial charge in [-0.3, -0.25) is 15.1 Å². The Kier molecular flexibility index (Phi) is 9.86. The van der Waals surface area contributed by atoms with Crippen LogP contribution >= 0.6 is 15.9 Å². The van der Waals surface area contributed by atoms with Gasteiger partial charge in [-0.25, -0.2) is 4.39 Å². The summed E-state index contributed by atoms with van der Waals surface area (Å²) in [6.07, 6.45) is 3.20. The largest absolute Gasteiger partial charge is 0.496 e. The number of guanidine groups is 1. The van der Waals surface area contributed by atoms with Crippen LogP contribution in [0.4, 0.5) is 4.39 Å². The Bertz CT molecular complexity index is 1020. The number of hydrogen-bond donors (Lipinski definition) is 3. The molecule has 34 heavy (non-hydrogen) atoms. The number of likely N-dealkylation sites (tertiary alicyclic amines) is 1. The highest BCUT2D eigenvalue weighted by Gasteiger charge is 2.19. The Morgan fingerprint density at radius 2 is 2.15 bits per heavy atom. The number of β-amino-alcohol motifs (C(OH)–C–C–N with tert-alkyl or cyclic N) is 1. The molecular formula is C25H32BrFN4O3. The molecule has 1 atom stereocenters. The fourth-order valence-electron chi connectivity index (χ4n) is 4.11. The molecule has 9 heteroatoms. The summed E-state index contributed by atoms with van der Waals surface area (Å²) < 4.78 is 20.9. The second kappa shape index (κ2) is 12.8. The van der Waals surface area contributed by atoms with Crippen molar-refractivity contribution in [2.45, 2.75) is 38.2 Å². The predicted molar refractivity (Wildman–Crippen MR) is 135 cm³/mol. The Labute approximate surface area is 208 Å². The van der Waals surface area contributed by atoms with E-state index >= 15 is 0 Å². The molecular weight excluding hydrogens is 503 g/mol. The standard InChI is InChI=1S/C25H32BrFN4O3/c1-34-23-10-8-18(26)15-17(23)7-9-20-21(5-4-6-22(20)27)24(33)30-25(28)29-12-2-3-13-31-14-11-19(32)16-31/h4-6,8,10,15,19,32H,2-3,7,9,11-14,16H2,1H3,(H3,28,29,30,33). The van der Waals surface area contributed by atoms with Gasteiger partial charge < -0.3 is 20.5 Å². The number of benzene rings is 2. The highest BCUT2D eigenvalue weighted by atomic mass is 79.9. The van der Waals surface area contributed by atoms with Gasteiger partial charge in [0.15, 0.2) is 5.96 Å². The number of rotatable bonds is 10. The van der Waals surface area contributed by atoms with Crippen LogP contribution < -0.4 is 15.8 Å². The number of aliphatic imine (C=N–C) groups is 1.